The van der Waals surface area contributed by atoms with Gasteiger partial charge < -0.3 is 9.84 Å². The molecule has 0 bridgehead atoms. The molecule has 0 saturated heterocycles. The maximum absolute atomic E-state index is 13.0. The molecular formula is C19H14FN5O. The fraction of sp³-hybridized carbons (Fsp3) is 0.0526. The molecule has 0 aliphatic heterocycles. The largest absolute Gasteiger partial charge is 0.365 e. The first-order chi connectivity index (χ1) is 12.8. The second kappa shape index (κ2) is 7.10. The molecule has 0 spiro atoms. The Morgan fingerprint density at radius 1 is 1.00 bits per heavy atom. The van der Waals surface area contributed by atoms with Gasteiger partial charge in [0.05, 0.1) is 0 Å². The highest BCUT2D eigenvalue weighted by Gasteiger charge is 2.15. The van der Waals surface area contributed by atoms with Crippen LogP contribution in [0.5, 0.6) is 0 Å². The van der Waals surface area contributed by atoms with Gasteiger partial charge in [-0.2, -0.15) is 4.98 Å². The van der Waals surface area contributed by atoms with Crippen molar-refractivity contribution in [1.29, 1.82) is 0 Å². The lowest BCUT2D eigenvalue weighted by Crippen LogP contribution is -2.03. The van der Waals surface area contributed by atoms with Crippen molar-refractivity contribution in [3.63, 3.8) is 0 Å². The van der Waals surface area contributed by atoms with Crippen LogP contribution in [-0.4, -0.2) is 20.1 Å². The van der Waals surface area contributed by atoms with Crippen LogP contribution in [0.3, 0.4) is 0 Å². The Balaban J connectivity index is 1.58. The molecule has 128 valence electrons. The van der Waals surface area contributed by atoms with Gasteiger partial charge >= 0.3 is 0 Å². The maximum Gasteiger partial charge on any atom is 0.263 e. The lowest BCUT2D eigenvalue weighted by molar-refractivity contribution is 0.432. The smallest absolute Gasteiger partial charge is 0.263 e. The minimum Gasteiger partial charge on any atom is -0.365 e. The van der Waals surface area contributed by atoms with Crippen molar-refractivity contribution in [3.8, 4) is 22.8 Å². The molecule has 1 N–H and O–H groups in total. The van der Waals surface area contributed by atoms with Gasteiger partial charge in [0.2, 0.25) is 5.82 Å². The lowest BCUT2D eigenvalue weighted by Gasteiger charge is -2.08. The fourth-order valence-corrected chi connectivity index (χ4v) is 2.45. The van der Waals surface area contributed by atoms with Crippen molar-refractivity contribution in [2.75, 3.05) is 5.32 Å². The van der Waals surface area contributed by atoms with Crippen molar-refractivity contribution < 1.29 is 8.91 Å². The van der Waals surface area contributed by atoms with Gasteiger partial charge in [-0.15, -0.1) is 0 Å². The van der Waals surface area contributed by atoms with E-state index in [1.807, 2.05) is 30.3 Å². The van der Waals surface area contributed by atoms with E-state index in [4.69, 9.17) is 4.52 Å². The highest BCUT2D eigenvalue weighted by molar-refractivity contribution is 5.69. The van der Waals surface area contributed by atoms with Gasteiger partial charge in [0, 0.05) is 18.3 Å². The summed E-state index contributed by atoms with van der Waals surface area (Å²) in [6.07, 6.45) is 3.05. The van der Waals surface area contributed by atoms with E-state index in [1.54, 1.807) is 18.3 Å². The number of hydrogen-bond acceptors (Lipinski definition) is 6. The number of rotatable bonds is 5. The highest BCUT2D eigenvalue weighted by Crippen LogP contribution is 2.26. The summed E-state index contributed by atoms with van der Waals surface area (Å²) in [7, 11) is 0. The normalized spacial score (nSPS) is 10.7. The fourth-order valence-electron chi connectivity index (χ4n) is 2.45. The van der Waals surface area contributed by atoms with E-state index in [0.717, 1.165) is 11.1 Å². The molecule has 4 aromatic rings. The lowest BCUT2D eigenvalue weighted by atomic mass is 10.2. The summed E-state index contributed by atoms with van der Waals surface area (Å²) < 4.78 is 18.4. The van der Waals surface area contributed by atoms with E-state index in [0.29, 0.717) is 29.6 Å². The molecule has 0 aliphatic carbocycles. The van der Waals surface area contributed by atoms with Crippen molar-refractivity contribution in [2.45, 2.75) is 6.54 Å². The summed E-state index contributed by atoms with van der Waals surface area (Å²) in [5.74, 6) is 1.11. The summed E-state index contributed by atoms with van der Waals surface area (Å²) in [5, 5.41) is 7.22. The van der Waals surface area contributed by atoms with Crippen LogP contribution in [0.25, 0.3) is 22.8 Å². The number of hydrogen-bond donors (Lipinski definition) is 1. The topological polar surface area (TPSA) is 76.7 Å². The number of benzene rings is 2. The van der Waals surface area contributed by atoms with Gasteiger partial charge in [-0.05, 0) is 17.7 Å². The highest BCUT2D eigenvalue weighted by atomic mass is 19.1. The molecule has 26 heavy (non-hydrogen) atoms. The van der Waals surface area contributed by atoms with Crippen molar-refractivity contribution in [3.05, 3.63) is 78.5 Å². The van der Waals surface area contributed by atoms with Crippen LogP contribution >= 0.6 is 0 Å². The van der Waals surface area contributed by atoms with Crippen LogP contribution in [0.2, 0.25) is 0 Å². The number of halogens is 1. The maximum atomic E-state index is 13.0. The Morgan fingerprint density at radius 2 is 1.81 bits per heavy atom. The molecule has 0 aliphatic rings. The first-order valence-corrected chi connectivity index (χ1v) is 7.97. The van der Waals surface area contributed by atoms with Gasteiger partial charge in [-0.1, -0.05) is 47.6 Å². The third-order valence-electron chi connectivity index (χ3n) is 3.77. The van der Waals surface area contributed by atoms with E-state index < -0.39 is 0 Å². The second-order valence-corrected chi connectivity index (χ2v) is 5.55. The van der Waals surface area contributed by atoms with Crippen molar-refractivity contribution in [1.82, 2.24) is 20.1 Å². The monoisotopic (exact) mass is 347 g/mol. The van der Waals surface area contributed by atoms with Crippen LogP contribution in [0.15, 0.2) is 71.6 Å². The van der Waals surface area contributed by atoms with Crippen LogP contribution in [0, 0.1) is 5.82 Å². The molecule has 0 fully saturated rings. The van der Waals surface area contributed by atoms with E-state index >= 15 is 0 Å². The summed E-state index contributed by atoms with van der Waals surface area (Å²) in [6.45, 7) is 0.476. The summed E-state index contributed by atoms with van der Waals surface area (Å²) in [4.78, 5) is 12.7. The molecule has 0 atom stereocenters. The number of aromatic nitrogens is 4. The van der Waals surface area contributed by atoms with E-state index in [9.17, 15) is 4.39 Å². The Hall–Kier alpha value is -3.61. The SMILES string of the molecule is Fc1ccc(CNc2ncncc2-c2nc(-c3ccccc3)no2)cc1. The molecule has 0 radical (unpaired) electrons. The van der Waals surface area contributed by atoms with E-state index in [1.165, 1.54) is 18.5 Å². The second-order valence-electron chi connectivity index (χ2n) is 5.55. The van der Waals surface area contributed by atoms with Gasteiger partial charge in [0.25, 0.3) is 5.89 Å². The molecule has 7 heteroatoms. The quantitative estimate of drug-likeness (QED) is 0.589. The minimum absolute atomic E-state index is 0.268. The molecule has 6 nitrogen and oxygen atoms in total. The Morgan fingerprint density at radius 3 is 2.62 bits per heavy atom. The molecular weight excluding hydrogens is 333 g/mol. The van der Waals surface area contributed by atoms with E-state index in [-0.39, 0.29) is 5.82 Å². The molecule has 0 saturated carbocycles. The van der Waals surface area contributed by atoms with Crippen molar-refractivity contribution in [2.24, 2.45) is 0 Å². The zero-order chi connectivity index (χ0) is 17.8. The molecule has 2 aromatic heterocycles. The first-order valence-electron chi connectivity index (χ1n) is 7.97. The minimum atomic E-state index is -0.268. The molecule has 0 amide bonds. The zero-order valence-corrected chi connectivity index (χ0v) is 13.6. The van der Waals surface area contributed by atoms with Crippen LogP contribution in [-0.2, 0) is 6.54 Å². The van der Waals surface area contributed by atoms with Crippen LogP contribution < -0.4 is 5.32 Å². The molecule has 0 unspecified atom stereocenters. The van der Waals surface area contributed by atoms with E-state index in [2.05, 4.69) is 25.4 Å². The summed E-state index contributed by atoms with van der Waals surface area (Å²) in [6, 6.07) is 15.8. The Bertz CT molecular complexity index is 1000. The Labute approximate surface area is 148 Å². The average Bonchev–Trinajstić information content (AvgIpc) is 3.19. The third kappa shape index (κ3) is 3.41. The van der Waals surface area contributed by atoms with Gasteiger partial charge in [-0.3, -0.25) is 0 Å². The molecule has 4 rings (SSSR count). The third-order valence-corrected chi connectivity index (χ3v) is 3.77. The van der Waals surface area contributed by atoms with Gasteiger partial charge in [0.1, 0.15) is 23.5 Å². The predicted octanol–water partition coefficient (Wildman–Crippen LogP) is 3.94. The number of nitrogens with one attached hydrogen (secondary N) is 1. The van der Waals surface area contributed by atoms with Crippen LogP contribution in [0.4, 0.5) is 10.2 Å². The van der Waals surface area contributed by atoms with Crippen molar-refractivity contribution >= 4 is 5.82 Å². The summed E-state index contributed by atoms with van der Waals surface area (Å²) >= 11 is 0. The first kappa shape index (κ1) is 15.9. The predicted molar refractivity (Wildman–Crippen MR) is 94.5 cm³/mol. The average molecular weight is 347 g/mol. The summed E-state index contributed by atoms with van der Waals surface area (Å²) in [5.41, 5.74) is 2.39. The van der Waals surface area contributed by atoms with Crippen LogP contribution in [0.1, 0.15) is 5.56 Å². The molecule has 2 heterocycles. The Kier molecular flexibility index (Phi) is 4.34. The van der Waals surface area contributed by atoms with Gasteiger partial charge in [0.15, 0.2) is 0 Å². The molecule has 2 aromatic carbocycles. The number of nitrogens with zero attached hydrogens (tertiary/aromatic N) is 4. The number of anilines is 1. The zero-order valence-electron chi connectivity index (χ0n) is 13.6. The standard InChI is InChI=1S/C19H14FN5O/c20-15-8-6-13(7-9-15)10-22-18-16(11-21-12-23-18)19-24-17(25-26-19)14-4-2-1-3-5-14/h1-9,11-12H,10H2,(H,21,22,23). The van der Waals surface area contributed by atoms with Gasteiger partial charge in [-0.25, -0.2) is 14.4 Å².